The molecule has 1 saturated heterocycles. The second-order valence-electron chi connectivity index (χ2n) is 7.06. The molecule has 3 aromatic heterocycles. The summed E-state index contributed by atoms with van der Waals surface area (Å²) in [5.74, 6) is 0.607. The highest BCUT2D eigenvalue weighted by atomic mass is 16.5. The molecule has 0 aliphatic carbocycles. The van der Waals surface area contributed by atoms with Crippen LogP contribution in [0.5, 0.6) is 0 Å². The van der Waals surface area contributed by atoms with Gasteiger partial charge in [0.2, 0.25) is 0 Å². The summed E-state index contributed by atoms with van der Waals surface area (Å²) in [6.45, 7) is 3.04. The zero-order valence-electron chi connectivity index (χ0n) is 15.9. The first-order valence-electron chi connectivity index (χ1n) is 9.70. The van der Waals surface area contributed by atoms with Gasteiger partial charge in [-0.15, -0.1) is 0 Å². The van der Waals surface area contributed by atoms with E-state index in [2.05, 4.69) is 17.1 Å². The Morgan fingerprint density at radius 1 is 1.03 bits per heavy atom. The van der Waals surface area contributed by atoms with E-state index in [4.69, 9.17) is 9.72 Å². The number of ether oxygens (including phenoxy) is 1. The van der Waals surface area contributed by atoms with Crippen LogP contribution in [0.3, 0.4) is 0 Å². The van der Waals surface area contributed by atoms with E-state index >= 15 is 0 Å². The number of hydrogen-bond acceptors (Lipinski definition) is 4. The fourth-order valence-electron chi connectivity index (χ4n) is 3.65. The lowest BCUT2D eigenvalue weighted by molar-refractivity contribution is 0.0301. The third kappa shape index (κ3) is 3.40. The van der Waals surface area contributed by atoms with Gasteiger partial charge in [0.25, 0.3) is 5.91 Å². The first-order chi connectivity index (χ1) is 14.3. The second kappa shape index (κ2) is 7.52. The maximum atomic E-state index is 13.1. The number of imidazole rings is 2. The zero-order chi connectivity index (χ0) is 19.6. The lowest BCUT2D eigenvalue weighted by atomic mass is 10.2. The van der Waals surface area contributed by atoms with Crippen LogP contribution in [0, 0.1) is 0 Å². The molecule has 0 atom stereocenters. The molecule has 5 rings (SSSR count). The average Bonchev–Trinajstić information content (AvgIpc) is 3.39. The van der Waals surface area contributed by atoms with Gasteiger partial charge in [-0.3, -0.25) is 9.20 Å². The van der Waals surface area contributed by atoms with E-state index in [0.717, 1.165) is 17.8 Å². The molecule has 1 aliphatic rings. The Kier molecular flexibility index (Phi) is 4.57. The minimum atomic E-state index is -0.0630. The van der Waals surface area contributed by atoms with Crippen molar-refractivity contribution in [1.29, 1.82) is 0 Å². The van der Waals surface area contributed by atoms with Crippen molar-refractivity contribution in [3.63, 3.8) is 0 Å². The minimum absolute atomic E-state index is 0.0630. The van der Waals surface area contributed by atoms with Crippen LogP contribution in [0.25, 0.3) is 17.0 Å². The molecule has 4 aromatic rings. The number of carbonyl (C=O) groups is 1. The lowest BCUT2D eigenvalue weighted by Gasteiger charge is -2.26. The summed E-state index contributed by atoms with van der Waals surface area (Å²) in [6, 6.07) is 16.0. The van der Waals surface area contributed by atoms with Crippen LogP contribution in [0.2, 0.25) is 0 Å². The quantitative estimate of drug-likeness (QED) is 0.540. The van der Waals surface area contributed by atoms with Crippen LogP contribution >= 0.6 is 0 Å². The Morgan fingerprint density at radius 2 is 1.83 bits per heavy atom. The predicted octanol–water partition coefficient (Wildman–Crippen LogP) is 2.72. The molecule has 29 heavy (non-hydrogen) atoms. The molecule has 0 unspecified atom stereocenters. The maximum absolute atomic E-state index is 13.1. The molecule has 0 saturated carbocycles. The second-order valence-corrected chi connectivity index (χ2v) is 7.06. The van der Waals surface area contributed by atoms with Crippen LogP contribution in [0.1, 0.15) is 16.1 Å². The fraction of sp³-hybridized carbons (Fsp3) is 0.227. The molecule has 0 radical (unpaired) electrons. The standard InChI is InChI=1S/C22H21N5O2/c28-22(26-10-12-29-13-11-26)20-19-8-4-5-9-27(19)21(24-20)18-15-25(16-23-18)14-17-6-2-1-3-7-17/h1-9,15-16H,10-14H2. The van der Waals surface area contributed by atoms with Crippen LogP contribution < -0.4 is 0 Å². The highest BCUT2D eigenvalue weighted by Crippen LogP contribution is 2.23. The molecule has 0 spiro atoms. The van der Waals surface area contributed by atoms with Gasteiger partial charge < -0.3 is 14.2 Å². The molecule has 7 nitrogen and oxygen atoms in total. The van der Waals surface area contributed by atoms with Gasteiger partial charge in [-0.25, -0.2) is 9.97 Å². The van der Waals surface area contributed by atoms with Gasteiger partial charge in [0.05, 0.1) is 25.1 Å². The number of morpholine rings is 1. The number of fused-ring (bicyclic) bond motifs is 1. The number of amides is 1. The third-order valence-corrected chi connectivity index (χ3v) is 5.12. The van der Waals surface area contributed by atoms with E-state index in [-0.39, 0.29) is 5.91 Å². The molecule has 7 heteroatoms. The Bertz CT molecular complexity index is 1140. The van der Waals surface area contributed by atoms with Crippen molar-refractivity contribution in [1.82, 2.24) is 23.8 Å². The van der Waals surface area contributed by atoms with E-state index in [1.807, 2.05) is 57.8 Å². The highest BCUT2D eigenvalue weighted by molar-refractivity contribution is 6.00. The van der Waals surface area contributed by atoms with Crippen LogP contribution in [-0.2, 0) is 11.3 Å². The Balaban J connectivity index is 1.50. The average molecular weight is 387 g/mol. The summed E-state index contributed by atoms with van der Waals surface area (Å²) >= 11 is 0. The molecule has 4 heterocycles. The Labute approximate surface area is 168 Å². The summed E-state index contributed by atoms with van der Waals surface area (Å²) in [4.78, 5) is 24.1. The fourth-order valence-corrected chi connectivity index (χ4v) is 3.65. The number of nitrogens with zero attached hydrogens (tertiary/aromatic N) is 5. The largest absolute Gasteiger partial charge is 0.378 e. The number of pyridine rings is 1. The van der Waals surface area contributed by atoms with Crippen molar-refractivity contribution in [2.75, 3.05) is 26.3 Å². The highest BCUT2D eigenvalue weighted by Gasteiger charge is 2.25. The molecular weight excluding hydrogens is 366 g/mol. The Hall–Kier alpha value is -3.45. The van der Waals surface area contributed by atoms with Gasteiger partial charge in [-0.2, -0.15) is 0 Å². The van der Waals surface area contributed by atoms with Crippen molar-refractivity contribution >= 4 is 11.4 Å². The van der Waals surface area contributed by atoms with Crippen molar-refractivity contribution in [2.24, 2.45) is 0 Å². The van der Waals surface area contributed by atoms with Crippen LogP contribution in [-0.4, -0.2) is 56.0 Å². The number of carbonyl (C=O) groups excluding carboxylic acids is 1. The topological polar surface area (TPSA) is 64.7 Å². The van der Waals surface area contributed by atoms with Crippen molar-refractivity contribution in [3.8, 4) is 11.5 Å². The van der Waals surface area contributed by atoms with Crippen LogP contribution in [0.15, 0.2) is 67.3 Å². The number of rotatable bonds is 4. The normalized spacial score (nSPS) is 14.4. The summed E-state index contributed by atoms with van der Waals surface area (Å²) in [5.41, 5.74) is 3.19. The van der Waals surface area contributed by atoms with Gasteiger partial charge in [-0.1, -0.05) is 36.4 Å². The first kappa shape index (κ1) is 17.6. The monoisotopic (exact) mass is 387 g/mol. The minimum Gasteiger partial charge on any atom is -0.378 e. The SMILES string of the molecule is O=C(c1nc(-c2cn(Cc3ccccc3)cn2)n2ccccc12)N1CCOCC1. The molecule has 0 N–H and O–H groups in total. The molecule has 146 valence electrons. The molecule has 0 bridgehead atoms. The van der Waals surface area contributed by atoms with Gasteiger partial charge in [-0.05, 0) is 17.7 Å². The van der Waals surface area contributed by atoms with E-state index < -0.39 is 0 Å². The van der Waals surface area contributed by atoms with E-state index in [1.165, 1.54) is 5.56 Å². The predicted molar refractivity (Wildman–Crippen MR) is 109 cm³/mol. The first-order valence-corrected chi connectivity index (χ1v) is 9.70. The lowest BCUT2D eigenvalue weighted by Crippen LogP contribution is -2.40. The van der Waals surface area contributed by atoms with E-state index in [1.54, 1.807) is 11.2 Å². The maximum Gasteiger partial charge on any atom is 0.274 e. The molecule has 1 fully saturated rings. The van der Waals surface area contributed by atoms with Gasteiger partial charge in [0.15, 0.2) is 11.5 Å². The van der Waals surface area contributed by atoms with Crippen molar-refractivity contribution in [3.05, 3.63) is 78.5 Å². The summed E-state index contributed by atoms with van der Waals surface area (Å²) in [7, 11) is 0. The van der Waals surface area contributed by atoms with Gasteiger partial charge in [0.1, 0.15) is 5.69 Å². The van der Waals surface area contributed by atoms with Gasteiger partial charge >= 0.3 is 0 Å². The van der Waals surface area contributed by atoms with Crippen molar-refractivity contribution in [2.45, 2.75) is 6.54 Å². The summed E-state index contributed by atoms with van der Waals surface area (Å²) < 4.78 is 9.33. The molecular formula is C22H21N5O2. The van der Waals surface area contributed by atoms with E-state index in [0.29, 0.717) is 37.8 Å². The molecule has 1 aromatic carbocycles. The Morgan fingerprint density at radius 3 is 2.66 bits per heavy atom. The van der Waals surface area contributed by atoms with Crippen LogP contribution in [0.4, 0.5) is 0 Å². The zero-order valence-corrected chi connectivity index (χ0v) is 15.9. The van der Waals surface area contributed by atoms with Crippen molar-refractivity contribution < 1.29 is 9.53 Å². The third-order valence-electron chi connectivity index (χ3n) is 5.12. The smallest absolute Gasteiger partial charge is 0.274 e. The number of hydrogen-bond donors (Lipinski definition) is 0. The number of aromatic nitrogens is 4. The molecule has 1 amide bonds. The molecule has 1 aliphatic heterocycles. The summed E-state index contributed by atoms with van der Waals surface area (Å²) in [5, 5.41) is 0. The summed E-state index contributed by atoms with van der Waals surface area (Å²) in [6.07, 6.45) is 5.69. The number of benzene rings is 1. The van der Waals surface area contributed by atoms with E-state index in [9.17, 15) is 4.79 Å². The van der Waals surface area contributed by atoms with Gasteiger partial charge in [0, 0.05) is 32.0 Å².